The third-order valence-corrected chi connectivity index (χ3v) is 3.70. The number of benzene rings is 2. The first-order chi connectivity index (χ1) is 10.6. The van der Waals surface area contributed by atoms with Gasteiger partial charge in [-0.2, -0.15) is 10.2 Å². The van der Waals surface area contributed by atoms with Crippen LogP contribution in [0.4, 0.5) is 0 Å². The van der Waals surface area contributed by atoms with Crippen molar-refractivity contribution in [2.75, 3.05) is 0 Å². The Hall–Kier alpha value is -2.79. The third-order valence-electron chi connectivity index (χ3n) is 3.70. The molecule has 0 saturated carbocycles. The Balaban J connectivity index is 1.82. The summed E-state index contributed by atoms with van der Waals surface area (Å²) in [5.74, 6) is -0.714. The van der Waals surface area contributed by atoms with Gasteiger partial charge in [-0.15, -0.1) is 0 Å². The number of amides is 1. The van der Waals surface area contributed by atoms with Crippen molar-refractivity contribution in [3.63, 3.8) is 0 Å². The van der Waals surface area contributed by atoms with E-state index in [9.17, 15) is 4.79 Å². The van der Waals surface area contributed by atoms with Crippen molar-refractivity contribution in [2.24, 2.45) is 21.7 Å². The minimum Gasteiger partial charge on any atom is -0.366 e. The molecule has 0 fully saturated rings. The first-order valence-corrected chi connectivity index (χ1v) is 6.94. The highest BCUT2D eigenvalue weighted by atomic mass is 16.2. The van der Waals surface area contributed by atoms with Crippen LogP contribution in [0.25, 0.3) is 5.57 Å². The Kier molecular flexibility index (Phi) is 3.56. The quantitative estimate of drug-likeness (QED) is 0.904. The molecule has 1 unspecified atom stereocenters. The molecule has 5 nitrogen and oxygen atoms in total. The molecule has 0 bridgehead atoms. The van der Waals surface area contributed by atoms with Crippen molar-refractivity contribution in [1.29, 1.82) is 0 Å². The highest BCUT2D eigenvalue weighted by Gasteiger charge is 2.40. The Morgan fingerprint density at radius 1 is 1.00 bits per heavy atom. The lowest BCUT2D eigenvalue weighted by atomic mass is 9.93. The van der Waals surface area contributed by atoms with Crippen molar-refractivity contribution in [2.45, 2.75) is 12.1 Å². The third kappa shape index (κ3) is 2.54. The molecule has 1 amide bonds. The number of hydrogen-bond donors (Lipinski definition) is 2. The SMILES string of the molecule is NC(=O)C1(N)N=NC=C1c1ccc(Cc2ccccc2)cc1. The van der Waals surface area contributed by atoms with Gasteiger partial charge in [-0.25, -0.2) is 0 Å². The number of carbonyl (C=O) groups is 1. The summed E-state index contributed by atoms with van der Waals surface area (Å²) in [5, 5.41) is 7.49. The lowest BCUT2D eigenvalue weighted by Gasteiger charge is -2.19. The fourth-order valence-corrected chi connectivity index (χ4v) is 2.44. The molecule has 22 heavy (non-hydrogen) atoms. The largest absolute Gasteiger partial charge is 0.366 e. The number of azo groups is 1. The summed E-state index contributed by atoms with van der Waals surface area (Å²) in [4.78, 5) is 11.5. The van der Waals surface area contributed by atoms with Crippen LogP contribution < -0.4 is 11.5 Å². The zero-order valence-electron chi connectivity index (χ0n) is 11.9. The predicted octanol–water partition coefficient (Wildman–Crippen LogP) is 2.22. The van der Waals surface area contributed by atoms with E-state index in [-0.39, 0.29) is 0 Å². The molecule has 2 aromatic carbocycles. The van der Waals surface area contributed by atoms with Gasteiger partial charge in [0.15, 0.2) is 0 Å². The summed E-state index contributed by atoms with van der Waals surface area (Å²) >= 11 is 0. The van der Waals surface area contributed by atoms with Crippen LogP contribution in [-0.2, 0) is 11.2 Å². The Morgan fingerprint density at radius 2 is 1.64 bits per heavy atom. The molecule has 0 aromatic heterocycles. The molecule has 1 atom stereocenters. The van der Waals surface area contributed by atoms with E-state index in [1.807, 2.05) is 42.5 Å². The first kappa shape index (κ1) is 14.2. The Labute approximate surface area is 128 Å². The van der Waals surface area contributed by atoms with Crippen LogP contribution in [0.5, 0.6) is 0 Å². The molecule has 5 heteroatoms. The van der Waals surface area contributed by atoms with Gasteiger partial charge < -0.3 is 5.73 Å². The molecule has 3 rings (SSSR count). The van der Waals surface area contributed by atoms with Gasteiger partial charge in [-0.05, 0) is 23.1 Å². The lowest BCUT2D eigenvalue weighted by Crippen LogP contribution is -2.50. The molecule has 1 aliphatic heterocycles. The normalized spacial score (nSPS) is 20.0. The maximum Gasteiger partial charge on any atom is 0.266 e. The zero-order valence-corrected chi connectivity index (χ0v) is 11.9. The minimum absolute atomic E-state index is 0.520. The number of nitrogens with two attached hydrogens (primary N) is 2. The van der Waals surface area contributed by atoms with E-state index in [2.05, 4.69) is 22.4 Å². The first-order valence-electron chi connectivity index (χ1n) is 6.94. The second kappa shape index (κ2) is 5.54. The average Bonchev–Trinajstić information content (AvgIpc) is 2.93. The van der Waals surface area contributed by atoms with Crippen LogP contribution in [0.1, 0.15) is 16.7 Å². The van der Waals surface area contributed by atoms with Crippen LogP contribution in [0.2, 0.25) is 0 Å². The number of primary amides is 1. The van der Waals surface area contributed by atoms with Gasteiger partial charge in [0.25, 0.3) is 5.91 Å². The average molecular weight is 292 g/mol. The molecular weight excluding hydrogens is 276 g/mol. The molecule has 0 radical (unpaired) electrons. The van der Waals surface area contributed by atoms with Gasteiger partial charge in [0, 0.05) is 5.57 Å². The number of rotatable bonds is 4. The molecule has 4 N–H and O–H groups in total. The maximum atomic E-state index is 11.5. The van der Waals surface area contributed by atoms with Crippen molar-refractivity contribution >= 4 is 11.5 Å². The monoisotopic (exact) mass is 292 g/mol. The molecule has 0 saturated heterocycles. The molecule has 1 aliphatic rings. The second-order valence-electron chi connectivity index (χ2n) is 5.25. The van der Waals surface area contributed by atoms with Crippen molar-refractivity contribution in [3.8, 4) is 0 Å². The molecule has 0 aliphatic carbocycles. The number of hydrogen-bond acceptors (Lipinski definition) is 4. The summed E-state index contributed by atoms with van der Waals surface area (Å²) in [5.41, 5.74) is 13.4. The molecule has 1 heterocycles. The molecular formula is C17H16N4O. The van der Waals surface area contributed by atoms with Gasteiger partial charge in [-0.1, -0.05) is 54.6 Å². The van der Waals surface area contributed by atoms with Gasteiger partial charge >= 0.3 is 0 Å². The van der Waals surface area contributed by atoms with E-state index in [4.69, 9.17) is 11.5 Å². The van der Waals surface area contributed by atoms with Crippen LogP contribution in [-0.4, -0.2) is 11.6 Å². The van der Waals surface area contributed by atoms with Crippen molar-refractivity contribution < 1.29 is 4.79 Å². The number of carbonyl (C=O) groups excluding carboxylic acids is 1. The topological polar surface area (TPSA) is 93.8 Å². The van der Waals surface area contributed by atoms with Gasteiger partial charge in [0.05, 0.1) is 6.20 Å². The van der Waals surface area contributed by atoms with E-state index in [0.717, 1.165) is 12.0 Å². The van der Waals surface area contributed by atoms with E-state index < -0.39 is 11.6 Å². The highest BCUT2D eigenvalue weighted by Crippen LogP contribution is 2.31. The van der Waals surface area contributed by atoms with Crippen LogP contribution in [0.3, 0.4) is 0 Å². The Morgan fingerprint density at radius 3 is 2.27 bits per heavy atom. The minimum atomic E-state index is -1.57. The predicted molar refractivity (Wildman–Crippen MR) is 84.6 cm³/mol. The smallest absolute Gasteiger partial charge is 0.266 e. The van der Waals surface area contributed by atoms with E-state index in [1.54, 1.807) is 0 Å². The van der Waals surface area contributed by atoms with Crippen molar-refractivity contribution in [1.82, 2.24) is 0 Å². The van der Waals surface area contributed by atoms with Gasteiger partial charge in [0.1, 0.15) is 0 Å². The summed E-state index contributed by atoms with van der Waals surface area (Å²) < 4.78 is 0. The molecule has 2 aromatic rings. The van der Waals surface area contributed by atoms with Crippen molar-refractivity contribution in [3.05, 3.63) is 77.5 Å². The standard InChI is InChI=1S/C17H16N4O/c18-16(22)17(19)15(11-20-21-17)14-8-6-13(7-9-14)10-12-4-2-1-3-5-12/h1-9,11H,10,19H2,(H2,18,22). The summed E-state index contributed by atoms with van der Waals surface area (Å²) in [6.07, 6.45) is 2.33. The van der Waals surface area contributed by atoms with E-state index in [1.165, 1.54) is 17.3 Å². The van der Waals surface area contributed by atoms with Gasteiger partial charge in [-0.3, -0.25) is 10.5 Å². The van der Waals surface area contributed by atoms with E-state index >= 15 is 0 Å². The van der Waals surface area contributed by atoms with E-state index in [0.29, 0.717) is 5.57 Å². The maximum absolute atomic E-state index is 11.5. The van der Waals surface area contributed by atoms with Gasteiger partial charge in [0.2, 0.25) is 5.66 Å². The zero-order chi connectivity index (χ0) is 15.6. The number of nitrogens with zero attached hydrogens (tertiary/aromatic N) is 2. The van der Waals surface area contributed by atoms with Crippen LogP contribution in [0, 0.1) is 0 Å². The lowest BCUT2D eigenvalue weighted by molar-refractivity contribution is -0.121. The van der Waals surface area contributed by atoms with Crippen LogP contribution >= 0.6 is 0 Å². The molecule has 0 spiro atoms. The fourth-order valence-electron chi connectivity index (χ4n) is 2.44. The Bertz CT molecular complexity index is 750. The van der Waals surface area contributed by atoms with Crippen LogP contribution in [0.15, 0.2) is 71.0 Å². The summed E-state index contributed by atoms with van der Waals surface area (Å²) in [6, 6.07) is 18.0. The fraction of sp³-hybridized carbons (Fsp3) is 0.118. The highest BCUT2D eigenvalue weighted by molar-refractivity contribution is 6.00. The second-order valence-corrected chi connectivity index (χ2v) is 5.25. The molecule has 110 valence electrons. The summed E-state index contributed by atoms with van der Waals surface area (Å²) in [6.45, 7) is 0. The summed E-state index contributed by atoms with van der Waals surface area (Å²) in [7, 11) is 0.